The van der Waals surface area contributed by atoms with Gasteiger partial charge in [0.1, 0.15) is 44.6 Å². The van der Waals surface area contributed by atoms with E-state index < -0.39 is 187 Å². The lowest BCUT2D eigenvalue weighted by Gasteiger charge is -2.33. The van der Waals surface area contributed by atoms with E-state index in [-0.39, 0.29) is 24.3 Å². The number of imide groups is 2. The first-order valence-corrected chi connectivity index (χ1v) is 29.4. The van der Waals surface area contributed by atoms with Crippen LogP contribution in [0, 0.1) is 23.7 Å². The minimum atomic E-state index is -4.15. The Bertz CT molecular complexity index is 2680. The van der Waals surface area contributed by atoms with E-state index in [1.807, 2.05) is 5.32 Å². The third-order valence-electron chi connectivity index (χ3n) is 11.5. The van der Waals surface area contributed by atoms with Gasteiger partial charge in [-0.3, -0.25) is 19.0 Å². The maximum absolute atomic E-state index is 13.4. The maximum atomic E-state index is 13.4. The molecule has 36 heteroatoms. The van der Waals surface area contributed by atoms with Crippen LogP contribution in [0.25, 0.3) is 0 Å². The molecule has 0 spiro atoms. The molecule has 0 aliphatic heterocycles. The minimum Gasteiger partial charge on any atom is -0.479 e. The molecule has 0 aromatic rings. The van der Waals surface area contributed by atoms with Crippen LogP contribution >= 0.6 is 0 Å². The molecule has 4 aliphatic carbocycles. The van der Waals surface area contributed by atoms with Gasteiger partial charge in [-0.2, -0.15) is 9.80 Å². The highest BCUT2D eigenvalue weighted by atomic mass is 32.2. The van der Waals surface area contributed by atoms with Crippen molar-refractivity contribution in [1.82, 2.24) is 24.6 Å². The smallest absolute Gasteiger partial charge is 0.420 e. The number of alkyl halides is 8. The number of sulfonamides is 2. The summed E-state index contributed by atoms with van der Waals surface area (Å²) in [5.74, 6) is -11.0. The van der Waals surface area contributed by atoms with Crippen molar-refractivity contribution < 1.29 is 129 Å². The Morgan fingerprint density at radius 2 is 0.812 bits per heavy atom. The van der Waals surface area contributed by atoms with Gasteiger partial charge in [-0.15, -0.1) is 0 Å². The predicted octanol–water partition coefficient (Wildman–Crippen LogP) is 6.67. The summed E-state index contributed by atoms with van der Waals surface area (Å²) in [7, 11) is -7.89. The summed E-state index contributed by atoms with van der Waals surface area (Å²) >= 11 is 0. The number of aliphatic carboxylic acids is 1. The Morgan fingerprint density at radius 3 is 1.06 bits per heavy atom. The molecule has 8 atom stereocenters. The number of nitrogens with one attached hydrogen (secondary N) is 3. The highest BCUT2D eigenvalue weighted by Crippen LogP contribution is 2.55. The molecule has 0 unspecified atom stereocenters. The lowest BCUT2D eigenvalue weighted by Crippen LogP contribution is -2.58. The molecule has 26 nitrogen and oxygen atoms in total. The number of carboxylic acids is 1. The molecule has 0 bridgehead atoms. The Balaban J connectivity index is 0.000000586. The summed E-state index contributed by atoms with van der Waals surface area (Å²) in [6.45, 7) is 24.3. The highest BCUT2D eigenvalue weighted by Gasteiger charge is 2.74. The van der Waals surface area contributed by atoms with Gasteiger partial charge in [-0.05, 0) is 136 Å². The van der Waals surface area contributed by atoms with E-state index in [4.69, 9.17) is 39.3 Å². The highest BCUT2D eigenvalue weighted by molar-refractivity contribution is 7.89. The van der Waals surface area contributed by atoms with Crippen LogP contribution < -0.4 is 20.5 Å². The van der Waals surface area contributed by atoms with Crippen LogP contribution in [-0.4, -0.2) is 181 Å². The van der Waals surface area contributed by atoms with Gasteiger partial charge in [0, 0.05) is 5.92 Å². The molecule has 4 rings (SSSR count). The van der Waals surface area contributed by atoms with Gasteiger partial charge in [0.05, 0.1) is 36.9 Å². The fourth-order valence-corrected chi connectivity index (χ4v) is 8.60. The molecule has 0 saturated heterocycles. The Kier molecular flexibility index (Phi) is 24.4. The molecular formula is C49H78F8N6O20S2. The molecule has 4 saturated carbocycles. The number of hydrogen-bond donors (Lipinski definition) is 5. The molecule has 4 aliphatic rings. The number of carbonyl (C=O) groups is 9. The van der Waals surface area contributed by atoms with E-state index in [2.05, 4.69) is 0 Å². The summed E-state index contributed by atoms with van der Waals surface area (Å²) in [5.41, 5.74) is -7.97. The lowest BCUT2D eigenvalue weighted by atomic mass is 10.1. The van der Waals surface area contributed by atoms with Gasteiger partial charge in [-0.25, -0.2) is 85.5 Å². The fourth-order valence-electron chi connectivity index (χ4n) is 7.56. The second-order valence-electron chi connectivity index (χ2n) is 25.1. The van der Waals surface area contributed by atoms with Gasteiger partial charge in [-0.1, -0.05) is 0 Å². The number of alkyl carbamates (subject to hydrolysis) is 1. The zero-order valence-electron chi connectivity index (χ0n) is 50.2. The number of carbonyl (C=O) groups excluding carboxylic acids is 8. The van der Waals surface area contributed by atoms with Crippen molar-refractivity contribution in [3.05, 3.63) is 0 Å². The van der Waals surface area contributed by atoms with Crippen molar-refractivity contribution in [2.75, 3.05) is 19.1 Å². The standard InChI is InChI=1S/C17H27F2NO6.C16H26F2N2O7S.C10H15F2NO4.C6H10F2N2O3S/c1-8-24-12(21)17(9-10(17)11(18)19)20(13(22)25-15(2,3)4)14(23)26-16(5,6)7;1-14(2,3)26-12(22)20(13(23)27-15(4,5)6)16(8-9(16)10(17)18)11(21)19-28(7,24)25;1-9(2,3)17-8(16)13-10(7(14)15)4-5(10)6(11)12;1-14(12,13)10-5(11)6(9)2-3(6)4(7)8/h10-11H,8-9H2,1-7H3;9-10H,8H2,1-7H3,(H,19,21);5-6H,4H2,1-3H3,(H,13,16)(H,14,15);3-4H,2,9H2,1H3,(H,10,11)/t10-,17+;9-,16+;5-,10+;3-,6+/m0000/s1. The van der Waals surface area contributed by atoms with Crippen LogP contribution in [0.1, 0.15) is 136 Å². The molecule has 0 aromatic carbocycles. The summed E-state index contributed by atoms with van der Waals surface area (Å²) in [6.07, 6.45) is -17.9. The lowest BCUT2D eigenvalue weighted by molar-refractivity contribution is -0.152. The monoisotopic (exact) mass is 1290 g/mol. The number of carboxylic acid groups (broad SMARTS) is 1. The zero-order chi connectivity index (χ0) is 67.4. The maximum Gasteiger partial charge on any atom is 0.420 e. The fraction of sp³-hybridized carbons (Fsp3) is 0.816. The summed E-state index contributed by atoms with van der Waals surface area (Å²) in [4.78, 5) is 109. The topological polar surface area (TPSA) is 366 Å². The number of esters is 1. The summed E-state index contributed by atoms with van der Waals surface area (Å²) in [6, 6.07) is 0. The van der Waals surface area contributed by atoms with Crippen LogP contribution in [-0.2, 0) is 67.6 Å². The van der Waals surface area contributed by atoms with Crippen molar-refractivity contribution in [1.29, 1.82) is 0 Å². The van der Waals surface area contributed by atoms with Gasteiger partial charge in [0.15, 0.2) is 5.54 Å². The van der Waals surface area contributed by atoms with E-state index in [1.54, 1.807) is 71.8 Å². The van der Waals surface area contributed by atoms with E-state index in [1.165, 1.54) is 48.5 Å². The van der Waals surface area contributed by atoms with E-state index in [9.17, 15) is 95.1 Å². The Morgan fingerprint density at radius 1 is 0.506 bits per heavy atom. The van der Waals surface area contributed by atoms with E-state index in [0.717, 1.165) is 6.26 Å². The van der Waals surface area contributed by atoms with Gasteiger partial charge >= 0.3 is 42.4 Å². The number of nitrogens with zero attached hydrogens (tertiary/aromatic N) is 2. The van der Waals surface area contributed by atoms with Crippen LogP contribution in [0.15, 0.2) is 0 Å². The molecule has 85 heavy (non-hydrogen) atoms. The number of halogens is 8. The molecule has 492 valence electrons. The minimum absolute atomic E-state index is 0.0903. The first-order chi connectivity index (χ1) is 37.7. The van der Waals surface area contributed by atoms with Crippen molar-refractivity contribution in [2.45, 2.75) is 212 Å². The zero-order valence-corrected chi connectivity index (χ0v) is 51.8. The molecule has 4 fully saturated rings. The predicted molar refractivity (Wildman–Crippen MR) is 280 cm³/mol. The Hall–Kier alpha value is -6.07. The third-order valence-corrected chi connectivity index (χ3v) is 12.6. The number of nitrogens with two attached hydrogens (primary N) is 1. The van der Waals surface area contributed by atoms with Crippen LogP contribution in [0.2, 0.25) is 0 Å². The van der Waals surface area contributed by atoms with E-state index in [0.29, 0.717) is 11.2 Å². The first kappa shape index (κ1) is 76.9. The van der Waals surface area contributed by atoms with Gasteiger partial charge < -0.3 is 44.6 Å². The summed E-state index contributed by atoms with van der Waals surface area (Å²) < 4.78 is 180. The molecule has 7 amide bonds. The number of rotatable bonds is 14. The van der Waals surface area contributed by atoms with Gasteiger partial charge in [0.25, 0.3) is 11.8 Å². The third kappa shape index (κ3) is 22.6. The summed E-state index contributed by atoms with van der Waals surface area (Å²) in [5, 5.41) is 10.9. The molecule has 0 radical (unpaired) electrons. The Labute approximate surface area is 487 Å². The van der Waals surface area contributed by atoms with Crippen molar-refractivity contribution >= 4 is 74.3 Å². The molecule has 6 N–H and O–H groups in total. The second-order valence-corrected chi connectivity index (χ2v) is 28.6. The largest absolute Gasteiger partial charge is 0.479 e. The first-order valence-electron chi connectivity index (χ1n) is 25.6. The number of amides is 7. The van der Waals surface area contributed by atoms with Crippen molar-refractivity contribution in [2.24, 2.45) is 29.4 Å². The van der Waals surface area contributed by atoms with E-state index >= 15 is 0 Å². The average Bonchev–Trinajstić information content (AvgIpc) is 4.07. The van der Waals surface area contributed by atoms with Crippen molar-refractivity contribution in [3.8, 4) is 0 Å². The molecular weight excluding hydrogens is 1210 g/mol. The van der Waals surface area contributed by atoms with Crippen molar-refractivity contribution in [3.63, 3.8) is 0 Å². The molecule has 0 heterocycles. The van der Waals surface area contributed by atoms with Gasteiger partial charge in [0.2, 0.25) is 45.7 Å². The quantitative estimate of drug-likeness (QED) is 0.0688. The number of ether oxygens (including phenoxy) is 6. The second kappa shape index (κ2) is 26.9. The SMILES string of the molecule is CC(C)(C)OC(=O)N(C(=O)OC(C)(C)C)[C@]1(C(=O)NS(C)(=O)=O)C[C@H]1C(F)F.CC(C)(C)OC(=O)N[C@]1(C(=O)O)C[C@H]1C(F)F.CCOC(=O)[C@@]1(N(C(=O)OC(C)(C)C)C(=O)OC(C)(C)C)C[C@H]1C(F)F.CS(=O)(=O)NC(=O)[C@@]1(N)C[C@H]1C(F)F. The van der Waals surface area contributed by atoms with Crippen LogP contribution in [0.3, 0.4) is 0 Å². The average molecular weight is 1290 g/mol. The normalized spacial score (nSPS) is 25.1. The number of hydrogen-bond acceptors (Lipinski definition) is 20. The molecule has 0 aromatic heterocycles. The van der Waals surface area contributed by atoms with Crippen LogP contribution in [0.5, 0.6) is 0 Å². The van der Waals surface area contributed by atoms with Crippen LogP contribution in [0.4, 0.5) is 59.1 Å².